The van der Waals surface area contributed by atoms with Gasteiger partial charge in [0, 0.05) is 5.75 Å². The van der Waals surface area contributed by atoms with Crippen molar-refractivity contribution in [3.05, 3.63) is 0 Å². The highest BCUT2D eigenvalue weighted by molar-refractivity contribution is 8.00. The van der Waals surface area contributed by atoms with E-state index in [4.69, 9.17) is 15.3 Å². The van der Waals surface area contributed by atoms with Gasteiger partial charge in [-0.05, 0) is 0 Å². The minimum absolute atomic E-state index is 0.106. The molecule has 0 aliphatic rings. The molecule has 18 heavy (non-hydrogen) atoms. The number of carboxylic acids is 2. The maximum absolute atomic E-state index is 11.3. The minimum Gasteiger partial charge on any atom is -0.481 e. The monoisotopic (exact) mass is 280 g/mol. The zero-order valence-electron chi connectivity index (χ0n) is 9.87. The van der Waals surface area contributed by atoms with Gasteiger partial charge in [-0.15, -0.1) is 11.8 Å². The van der Waals surface area contributed by atoms with E-state index in [0.717, 1.165) is 11.8 Å². The van der Waals surface area contributed by atoms with Gasteiger partial charge in [0.05, 0.1) is 18.9 Å². The van der Waals surface area contributed by atoms with Crippen molar-refractivity contribution in [2.24, 2.45) is 5.92 Å². The van der Waals surface area contributed by atoms with Gasteiger partial charge in [0.15, 0.2) is 0 Å². The van der Waals surface area contributed by atoms with E-state index in [1.165, 1.54) is 0 Å². The molecule has 0 fully saturated rings. The highest BCUT2D eigenvalue weighted by Crippen LogP contribution is 2.19. The van der Waals surface area contributed by atoms with Crippen LogP contribution in [0.4, 0.5) is 0 Å². The molecule has 8 heteroatoms. The standard InChI is InChI=1S/C10H16O7S/c1-6(10(16)17-3-2-11)5-18-7(9(14)15)4-8(12)13/h6-7,11H,2-5H2,1H3,(H,12,13)(H,14,15). The zero-order valence-corrected chi connectivity index (χ0v) is 10.7. The van der Waals surface area contributed by atoms with E-state index in [0.29, 0.717) is 0 Å². The molecule has 0 radical (unpaired) electrons. The molecular weight excluding hydrogens is 264 g/mol. The molecule has 104 valence electrons. The SMILES string of the molecule is CC(CSC(CC(=O)O)C(=O)O)C(=O)OCCO. The molecule has 3 N–H and O–H groups in total. The van der Waals surface area contributed by atoms with Crippen molar-refractivity contribution in [1.82, 2.24) is 0 Å². The number of hydrogen-bond acceptors (Lipinski definition) is 6. The number of esters is 1. The molecule has 2 atom stereocenters. The van der Waals surface area contributed by atoms with Gasteiger partial charge in [0.25, 0.3) is 0 Å². The molecule has 0 aromatic rings. The number of ether oxygens (including phenoxy) is 1. The minimum atomic E-state index is -1.22. The molecule has 2 unspecified atom stereocenters. The first-order valence-electron chi connectivity index (χ1n) is 5.22. The van der Waals surface area contributed by atoms with Gasteiger partial charge in [0.1, 0.15) is 11.9 Å². The average molecular weight is 280 g/mol. The van der Waals surface area contributed by atoms with Gasteiger partial charge in [0.2, 0.25) is 0 Å². The van der Waals surface area contributed by atoms with Crippen LogP contribution in [0.15, 0.2) is 0 Å². The van der Waals surface area contributed by atoms with Crippen LogP contribution in [0.5, 0.6) is 0 Å². The number of aliphatic carboxylic acids is 2. The van der Waals surface area contributed by atoms with Gasteiger partial charge < -0.3 is 20.1 Å². The van der Waals surface area contributed by atoms with Crippen molar-refractivity contribution in [3.63, 3.8) is 0 Å². The van der Waals surface area contributed by atoms with E-state index in [9.17, 15) is 14.4 Å². The molecule has 0 aromatic heterocycles. The van der Waals surface area contributed by atoms with E-state index >= 15 is 0 Å². The predicted octanol–water partition coefficient (Wildman–Crippen LogP) is -0.181. The van der Waals surface area contributed by atoms with Crippen LogP contribution in [-0.4, -0.2) is 57.4 Å². The van der Waals surface area contributed by atoms with E-state index < -0.39 is 35.5 Å². The highest BCUT2D eigenvalue weighted by atomic mass is 32.2. The number of hydrogen-bond donors (Lipinski definition) is 3. The molecular formula is C10H16O7S. The largest absolute Gasteiger partial charge is 0.481 e. The molecule has 7 nitrogen and oxygen atoms in total. The van der Waals surface area contributed by atoms with Crippen molar-refractivity contribution in [1.29, 1.82) is 0 Å². The van der Waals surface area contributed by atoms with Crippen molar-refractivity contribution < 1.29 is 34.4 Å². The van der Waals surface area contributed by atoms with Gasteiger partial charge in [-0.2, -0.15) is 0 Å². The number of carboxylic acid groups (broad SMARTS) is 2. The van der Waals surface area contributed by atoms with Crippen LogP contribution < -0.4 is 0 Å². The van der Waals surface area contributed by atoms with Gasteiger partial charge in [-0.1, -0.05) is 6.92 Å². The van der Waals surface area contributed by atoms with Crippen LogP contribution in [0.1, 0.15) is 13.3 Å². The van der Waals surface area contributed by atoms with Crippen LogP contribution in [0.25, 0.3) is 0 Å². The Labute approximate surface area is 108 Å². The Morgan fingerprint density at radius 3 is 2.33 bits per heavy atom. The quantitative estimate of drug-likeness (QED) is 0.497. The molecule has 0 aliphatic heterocycles. The van der Waals surface area contributed by atoms with Crippen molar-refractivity contribution >= 4 is 29.7 Å². The smallest absolute Gasteiger partial charge is 0.317 e. The second-order valence-electron chi connectivity index (χ2n) is 3.55. The molecule has 0 aromatic carbocycles. The Morgan fingerprint density at radius 2 is 1.89 bits per heavy atom. The topological polar surface area (TPSA) is 121 Å². The molecule has 0 bridgehead atoms. The Hall–Kier alpha value is -1.28. The molecule has 0 saturated carbocycles. The van der Waals surface area contributed by atoms with Crippen molar-refractivity contribution in [2.45, 2.75) is 18.6 Å². The van der Waals surface area contributed by atoms with Crippen molar-refractivity contribution in [3.8, 4) is 0 Å². The highest BCUT2D eigenvalue weighted by Gasteiger charge is 2.24. The fraction of sp³-hybridized carbons (Fsp3) is 0.700. The Kier molecular flexibility index (Phi) is 8.14. The lowest BCUT2D eigenvalue weighted by molar-refractivity contribution is -0.148. The number of aliphatic hydroxyl groups is 1. The Balaban J connectivity index is 4.13. The summed E-state index contributed by atoms with van der Waals surface area (Å²) in [4.78, 5) is 32.5. The van der Waals surface area contributed by atoms with E-state index in [2.05, 4.69) is 4.74 Å². The average Bonchev–Trinajstić information content (AvgIpc) is 2.30. The number of aliphatic hydroxyl groups excluding tert-OH is 1. The molecule has 0 saturated heterocycles. The first-order valence-corrected chi connectivity index (χ1v) is 6.27. The maximum Gasteiger partial charge on any atom is 0.317 e. The lowest BCUT2D eigenvalue weighted by Gasteiger charge is -2.13. The summed E-state index contributed by atoms with van der Waals surface area (Å²) >= 11 is 0.884. The summed E-state index contributed by atoms with van der Waals surface area (Å²) in [5.41, 5.74) is 0. The van der Waals surface area contributed by atoms with Crippen LogP contribution in [0.2, 0.25) is 0 Å². The Bertz CT molecular complexity index is 305. The molecule has 0 aliphatic carbocycles. The van der Waals surface area contributed by atoms with Gasteiger partial charge in [-0.3, -0.25) is 14.4 Å². The molecule has 0 heterocycles. The van der Waals surface area contributed by atoms with Crippen LogP contribution in [0.3, 0.4) is 0 Å². The molecule has 0 spiro atoms. The summed E-state index contributed by atoms with van der Waals surface area (Å²) in [6, 6.07) is 0. The third-order valence-electron chi connectivity index (χ3n) is 1.92. The van der Waals surface area contributed by atoms with E-state index in [-0.39, 0.29) is 19.0 Å². The number of carbonyl (C=O) groups is 3. The summed E-state index contributed by atoms with van der Waals surface area (Å²) in [7, 11) is 0. The molecule has 0 rings (SSSR count). The van der Waals surface area contributed by atoms with E-state index in [1.54, 1.807) is 6.92 Å². The van der Waals surface area contributed by atoms with Gasteiger partial charge >= 0.3 is 17.9 Å². The summed E-state index contributed by atoms with van der Waals surface area (Å²) in [5, 5.41) is 24.7. The van der Waals surface area contributed by atoms with Crippen LogP contribution in [0, 0.1) is 5.92 Å². The fourth-order valence-electron chi connectivity index (χ4n) is 0.993. The van der Waals surface area contributed by atoms with Gasteiger partial charge in [-0.25, -0.2) is 0 Å². The second kappa shape index (κ2) is 8.76. The predicted molar refractivity (Wildman–Crippen MR) is 63.3 cm³/mol. The lowest BCUT2D eigenvalue weighted by Crippen LogP contribution is -2.24. The summed E-state index contributed by atoms with van der Waals surface area (Å²) in [6.07, 6.45) is -0.502. The third-order valence-corrected chi connectivity index (χ3v) is 3.38. The summed E-state index contributed by atoms with van der Waals surface area (Å²) in [5.74, 6) is -3.38. The summed E-state index contributed by atoms with van der Waals surface area (Å²) < 4.78 is 4.66. The number of thioether (sulfide) groups is 1. The first kappa shape index (κ1) is 16.7. The molecule has 0 amide bonds. The first-order chi connectivity index (χ1) is 8.38. The maximum atomic E-state index is 11.3. The zero-order chi connectivity index (χ0) is 14.1. The third kappa shape index (κ3) is 7.13. The lowest BCUT2D eigenvalue weighted by atomic mass is 10.2. The van der Waals surface area contributed by atoms with Crippen LogP contribution >= 0.6 is 11.8 Å². The van der Waals surface area contributed by atoms with Crippen LogP contribution in [-0.2, 0) is 19.1 Å². The van der Waals surface area contributed by atoms with E-state index in [1.807, 2.05) is 0 Å². The number of rotatable bonds is 9. The van der Waals surface area contributed by atoms with Crippen molar-refractivity contribution in [2.75, 3.05) is 19.0 Å². The fourth-order valence-corrected chi connectivity index (χ4v) is 2.05. The second-order valence-corrected chi connectivity index (χ2v) is 4.79. The number of carbonyl (C=O) groups excluding carboxylic acids is 1. The Morgan fingerprint density at radius 1 is 1.28 bits per heavy atom. The normalized spacial score (nSPS) is 13.7. The summed E-state index contributed by atoms with van der Waals surface area (Å²) in [6.45, 7) is 1.17.